The van der Waals surface area contributed by atoms with E-state index in [1.54, 1.807) is 31.0 Å². The summed E-state index contributed by atoms with van der Waals surface area (Å²) >= 11 is 3.79. The van der Waals surface area contributed by atoms with Crippen LogP contribution in [-0.4, -0.2) is 13.6 Å². The second kappa shape index (κ2) is 8.09. The van der Waals surface area contributed by atoms with Crippen molar-refractivity contribution >= 4 is 24.7 Å². The summed E-state index contributed by atoms with van der Waals surface area (Å²) in [6.07, 6.45) is 13.5. The van der Waals surface area contributed by atoms with Crippen molar-refractivity contribution in [1.82, 2.24) is 0 Å². The number of hydrogen-bond acceptors (Lipinski definition) is 0. The Hall–Kier alpha value is 0.697. The molecule has 1 radical (unpaired) electrons. The first kappa shape index (κ1) is 15.1. The predicted molar refractivity (Wildman–Crippen MR) is 87.1 cm³/mol. The average Bonchev–Trinajstić information content (AvgIpc) is 2.41. The molecule has 2 aliphatic rings. The number of rotatable bonds is 5. The summed E-state index contributed by atoms with van der Waals surface area (Å²) in [5, 5.41) is 0. The lowest BCUT2D eigenvalue weighted by molar-refractivity contribution is 0.234. The van der Waals surface area contributed by atoms with Crippen molar-refractivity contribution in [3.8, 4) is 0 Å². The highest BCUT2D eigenvalue weighted by atomic mass is 79.9. The molecule has 2 rings (SSSR count). The smallest absolute Gasteiger partial charge is 0.0479 e. The van der Waals surface area contributed by atoms with Crippen LogP contribution in [0, 0.1) is 11.8 Å². The zero-order chi connectivity index (χ0) is 12.8. The third kappa shape index (κ3) is 4.66. The van der Waals surface area contributed by atoms with E-state index < -0.39 is 0 Å². The van der Waals surface area contributed by atoms with E-state index in [1.807, 2.05) is 0 Å². The molecule has 2 fully saturated rings. The summed E-state index contributed by atoms with van der Waals surface area (Å²) in [6.45, 7) is 2.33. The molecule has 1 aliphatic carbocycles. The standard InChI is InChI=1S/C16H30BrSi/c1-2-3-4-11-18-12-9-15(10-13-18)14-5-7-16(17)8-6-14/h14-16H,2-13H2,1H3. The molecule has 0 aromatic rings. The van der Waals surface area contributed by atoms with E-state index in [0.29, 0.717) is 0 Å². The van der Waals surface area contributed by atoms with Crippen molar-refractivity contribution in [3.63, 3.8) is 0 Å². The van der Waals surface area contributed by atoms with E-state index in [0.717, 1.165) is 16.7 Å². The lowest BCUT2D eigenvalue weighted by Crippen LogP contribution is -2.28. The summed E-state index contributed by atoms with van der Waals surface area (Å²) in [6, 6.07) is 4.92. The molecular formula is C16H30BrSi. The molecule has 1 saturated heterocycles. The Balaban J connectivity index is 1.63. The third-order valence-corrected chi connectivity index (χ3v) is 9.21. The Bertz CT molecular complexity index is 215. The Kier molecular flexibility index (Phi) is 6.78. The molecule has 0 spiro atoms. The van der Waals surface area contributed by atoms with Gasteiger partial charge in [-0.2, -0.15) is 0 Å². The minimum Gasteiger partial charge on any atom is -0.0891 e. The first-order chi connectivity index (χ1) is 8.79. The molecule has 0 nitrogen and oxygen atoms in total. The topological polar surface area (TPSA) is 0 Å². The lowest BCUT2D eigenvalue weighted by Gasteiger charge is -2.36. The van der Waals surface area contributed by atoms with Gasteiger partial charge in [-0.15, -0.1) is 0 Å². The molecule has 0 atom stereocenters. The molecule has 18 heavy (non-hydrogen) atoms. The molecule has 0 aromatic heterocycles. The van der Waals surface area contributed by atoms with Gasteiger partial charge < -0.3 is 0 Å². The first-order valence-corrected chi connectivity index (χ1v) is 11.3. The number of hydrogen-bond donors (Lipinski definition) is 0. The highest BCUT2D eigenvalue weighted by Crippen LogP contribution is 2.40. The monoisotopic (exact) mass is 329 g/mol. The predicted octanol–water partition coefficient (Wildman–Crippen LogP) is 6.04. The normalized spacial score (nSPS) is 31.7. The van der Waals surface area contributed by atoms with Crippen LogP contribution in [0.5, 0.6) is 0 Å². The Morgan fingerprint density at radius 1 is 0.889 bits per heavy atom. The molecule has 0 N–H and O–H groups in total. The van der Waals surface area contributed by atoms with E-state index >= 15 is 0 Å². The van der Waals surface area contributed by atoms with Crippen molar-refractivity contribution in [2.24, 2.45) is 11.8 Å². The quantitative estimate of drug-likeness (QED) is 0.328. The van der Waals surface area contributed by atoms with Crippen molar-refractivity contribution in [1.29, 1.82) is 0 Å². The largest absolute Gasteiger partial charge is 0.0891 e. The van der Waals surface area contributed by atoms with Crippen molar-refractivity contribution < 1.29 is 0 Å². The fraction of sp³-hybridized carbons (Fsp3) is 1.00. The molecule has 2 heteroatoms. The summed E-state index contributed by atoms with van der Waals surface area (Å²) in [4.78, 5) is 0.839. The maximum absolute atomic E-state index is 3.79. The summed E-state index contributed by atoms with van der Waals surface area (Å²) < 4.78 is 0. The SMILES string of the molecule is CCCCC[Si]1CCC(C2CCC(Br)CC2)CC1. The second-order valence-electron chi connectivity index (χ2n) is 6.56. The van der Waals surface area contributed by atoms with E-state index in [2.05, 4.69) is 22.9 Å². The molecule has 105 valence electrons. The fourth-order valence-electron chi connectivity index (χ4n) is 3.94. The highest BCUT2D eigenvalue weighted by molar-refractivity contribution is 9.09. The van der Waals surface area contributed by atoms with Crippen LogP contribution >= 0.6 is 15.9 Å². The van der Waals surface area contributed by atoms with Gasteiger partial charge in [0.15, 0.2) is 0 Å². The molecule has 0 unspecified atom stereocenters. The van der Waals surface area contributed by atoms with Crippen LogP contribution in [0.15, 0.2) is 0 Å². The van der Waals surface area contributed by atoms with Gasteiger partial charge in [0.05, 0.1) is 0 Å². The van der Waals surface area contributed by atoms with Crippen LogP contribution in [0.2, 0.25) is 18.1 Å². The van der Waals surface area contributed by atoms with Crippen LogP contribution in [0.1, 0.15) is 64.7 Å². The fourth-order valence-corrected chi connectivity index (χ4v) is 7.53. The van der Waals surface area contributed by atoms with E-state index in [9.17, 15) is 0 Å². The highest BCUT2D eigenvalue weighted by Gasteiger charge is 2.30. The molecule has 1 heterocycles. The Morgan fingerprint density at radius 3 is 2.11 bits per heavy atom. The Labute approximate surface area is 124 Å². The average molecular weight is 330 g/mol. The van der Waals surface area contributed by atoms with Gasteiger partial charge in [0.1, 0.15) is 0 Å². The van der Waals surface area contributed by atoms with Crippen LogP contribution < -0.4 is 0 Å². The summed E-state index contributed by atoms with van der Waals surface area (Å²) in [7, 11) is 0.0894. The second-order valence-corrected chi connectivity index (χ2v) is 10.9. The molecule has 0 amide bonds. The first-order valence-electron chi connectivity index (χ1n) is 8.27. The zero-order valence-corrected chi connectivity index (χ0v) is 14.7. The summed E-state index contributed by atoms with van der Waals surface area (Å²) in [5.74, 6) is 2.21. The van der Waals surface area contributed by atoms with E-state index in [1.165, 1.54) is 44.9 Å². The van der Waals surface area contributed by atoms with Gasteiger partial charge in [-0.1, -0.05) is 73.1 Å². The maximum Gasteiger partial charge on any atom is 0.0479 e. The van der Waals surface area contributed by atoms with Gasteiger partial charge in [0.25, 0.3) is 0 Å². The third-order valence-electron chi connectivity index (χ3n) is 5.24. The number of alkyl halides is 1. The van der Waals surface area contributed by atoms with Crippen molar-refractivity contribution in [3.05, 3.63) is 0 Å². The molecule has 1 aliphatic heterocycles. The molecule has 1 saturated carbocycles. The van der Waals surface area contributed by atoms with Gasteiger partial charge in [-0.05, 0) is 37.5 Å². The number of halogens is 1. The lowest BCUT2D eigenvalue weighted by atomic mass is 9.77. The van der Waals surface area contributed by atoms with Gasteiger partial charge in [0, 0.05) is 13.6 Å². The van der Waals surface area contributed by atoms with Gasteiger partial charge >= 0.3 is 0 Å². The van der Waals surface area contributed by atoms with Crippen molar-refractivity contribution in [2.45, 2.75) is 87.7 Å². The van der Waals surface area contributed by atoms with Crippen molar-refractivity contribution in [2.75, 3.05) is 0 Å². The van der Waals surface area contributed by atoms with Crippen LogP contribution in [-0.2, 0) is 0 Å². The van der Waals surface area contributed by atoms with Crippen LogP contribution in [0.3, 0.4) is 0 Å². The minimum atomic E-state index is 0.0894. The van der Waals surface area contributed by atoms with E-state index in [-0.39, 0.29) is 8.80 Å². The van der Waals surface area contributed by atoms with Gasteiger partial charge in [-0.25, -0.2) is 0 Å². The minimum absolute atomic E-state index is 0.0894. The van der Waals surface area contributed by atoms with Gasteiger partial charge in [0.2, 0.25) is 0 Å². The molecular weight excluding hydrogens is 300 g/mol. The van der Waals surface area contributed by atoms with Crippen LogP contribution in [0.4, 0.5) is 0 Å². The molecule has 0 bridgehead atoms. The Morgan fingerprint density at radius 2 is 1.50 bits per heavy atom. The zero-order valence-electron chi connectivity index (χ0n) is 12.1. The molecule has 0 aromatic carbocycles. The number of unbranched alkanes of at least 4 members (excludes halogenated alkanes) is 2. The maximum atomic E-state index is 3.79. The van der Waals surface area contributed by atoms with E-state index in [4.69, 9.17) is 0 Å². The summed E-state index contributed by atoms with van der Waals surface area (Å²) in [5.41, 5.74) is 0. The van der Waals surface area contributed by atoms with Gasteiger partial charge in [-0.3, -0.25) is 0 Å². The van der Waals surface area contributed by atoms with Crippen LogP contribution in [0.25, 0.3) is 0 Å².